The molecule has 1 amide bonds. The summed E-state index contributed by atoms with van der Waals surface area (Å²) >= 11 is 6.08. The van der Waals surface area contributed by atoms with Crippen LogP contribution in [0.1, 0.15) is 11.1 Å². The van der Waals surface area contributed by atoms with Crippen molar-refractivity contribution in [3.05, 3.63) is 107 Å². The number of hydrogen-bond acceptors (Lipinski definition) is 3. The summed E-state index contributed by atoms with van der Waals surface area (Å²) in [5.41, 5.74) is 5.93. The number of carbonyl (C=O) groups is 1. The molecule has 0 aliphatic carbocycles. The van der Waals surface area contributed by atoms with Crippen LogP contribution in [0.4, 0.5) is 5.69 Å². The number of hydrogen-bond donors (Lipinski definition) is 2. The van der Waals surface area contributed by atoms with E-state index in [9.17, 15) is 4.79 Å². The van der Waals surface area contributed by atoms with Gasteiger partial charge in [0.25, 0.3) is 5.91 Å². The smallest absolute Gasteiger partial charge is 0.259 e. The highest BCUT2D eigenvalue weighted by Gasteiger charge is 2.04. The van der Waals surface area contributed by atoms with E-state index in [1.165, 1.54) is 0 Å². The largest absolute Gasteiger partial charge is 0.375 e. The molecule has 0 saturated heterocycles. The highest BCUT2D eigenvalue weighted by molar-refractivity contribution is 6.33. The molecule has 28 heavy (non-hydrogen) atoms. The fourth-order valence-corrected chi connectivity index (χ4v) is 2.69. The minimum atomic E-state index is -0.263. The van der Waals surface area contributed by atoms with Crippen LogP contribution in [0.3, 0.4) is 0 Å². The summed E-state index contributed by atoms with van der Waals surface area (Å²) in [5, 5.41) is 7.87. The lowest BCUT2D eigenvalue weighted by molar-refractivity contribution is -0.119. The molecule has 0 spiro atoms. The van der Waals surface area contributed by atoms with Crippen molar-refractivity contribution in [1.29, 1.82) is 0 Å². The molecule has 0 bridgehead atoms. The van der Waals surface area contributed by atoms with Crippen molar-refractivity contribution in [3.63, 3.8) is 0 Å². The first-order valence-corrected chi connectivity index (χ1v) is 9.23. The minimum absolute atomic E-state index is 0.0672. The molecule has 2 N–H and O–H groups in total. The predicted molar refractivity (Wildman–Crippen MR) is 117 cm³/mol. The van der Waals surface area contributed by atoms with Crippen LogP contribution in [0, 0.1) is 0 Å². The van der Waals surface area contributed by atoms with Gasteiger partial charge in [-0.15, -0.1) is 0 Å². The second-order valence-electron chi connectivity index (χ2n) is 5.98. The van der Waals surface area contributed by atoms with Crippen LogP contribution in [0.25, 0.3) is 6.08 Å². The van der Waals surface area contributed by atoms with Gasteiger partial charge in [-0.3, -0.25) is 4.79 Å². The molecule has 0 aliphatic rings. The number of allylic oxidation sites excluding steroid dienone is 1. The molecule has 140 valence electrons. The summed E-state index contributed by atoms with van der Waals surface area (Å²) in [5.74, 6) is -0.263. The first kappa shape index (κ1) is 19.4. The van der Waals surface area contributed by atoms with Gasteiger partial charge in [0.1, 0.15) is 0 Å². The minimum Gasteiger partial charge on any atom is -0.375 e. The predicted octanol–water partition coefficient (Wildman–Crippen LogP) is 4.99. The first-order chi connectivity index (χ1) is 13.7. The number of para-hydroxylation sites is 1. The summed E-state index contributed by atoms with van der Waals surface area (Å²) in [4.78, 5) is 12.2. The van der Waals surface area contributed by atoms with Gasteiger partial charge in [0.2, 0.25) is 0 Å². The van der Waals surface area contributed by atoms with Crippen molar-refractivity contribution in [2.75, 3.05) is 11.9 Å². The van der Waals surface area contributed by atoms with Crippen LogP contribution in [0.5, 0.6) is 0 Å². The number of carbonyl (C=O) groups excluding carboxylic acids is 1. The molecule has 0 aliphatic heterocycles. The summed E-state index contributed by atoms with van der Waals surface area (Å²) < 4.78 is 0. The van der Waals surface area contributed by atoms with Crippen molar-refractivity contribution in [2.45, 2.75) is 0 Å². The van der Waals surface area contributed by atoms with E-state index >= 15 is 0 Å². The standard InChI is InChI=1S/C23H20ClN3O/c24-20-13-7-8-14-22(20)25-17-23(28)27-26-21(19-11-5-2-6-12-19)16-15-18-9-3-1-4-10-18/h1-16,25H,17H2,(H,27,28)/b16-15-,26-21-. The quantitative estimate of drug-likeness (QED) is 0.442. The Kier molecular flexibility index (Phi) is 6.99. The summed E-state index contributed by atoms with van der Waals surface area (Å²) in [6, 6.07) is 26.9. The van der Waals surface area contributed by atoms with Crippen molar-refractivity contribution >= 4 is 35.0 Å². The molecule has 0 aromatic heterocycles. The van der Waals surface area contributed by atoms with Crippen LogP contribution in [-0.2, 0) is 4.79 Å². The number of rotatable bonds is 7. The van der Waals surface area contributed by atoms with Gasteiger partial charge in [-0.1, -0.05) is 90.5 Å². The zero-order chi connectivity index (χ0) is 19.6. The average molecular weight is 390 g/mol. The third-order valence-electron chi connectivity index (χ3n) is 3.92. The molecule has 0 radical (unpaired) electrons. The van der Waals surface area contributed by atoms with Gasteiger partial charge >= 0.3 is 0 Å². The molecular weight excluding hydrogens is 370 g/mol. The zero-order valence-corrected chi connectivity index (χ0v) is 15.9. The number of nitrogens with zero attached hydrogens (tertiary/aromatic N) is 1. The van der Waals surface area contributed by atoms with E-state index < -0.39 is 0 Å². The number of nitrogens with one attached hydrogen (secondary N) is 2. The van der Waals surface area contributed by atoms with Gasteiger partial charge in [-0.05, 0) is 23.8 Å². The van der Waals surface area contributed by atoms with Crippen molar-refractivity contribution < 1.29 is 4.79 Å². The number of amides is 1. The SMILES string of the molecule is O=C(CNc1ccccc1Cl)N/N=C(/C=C\c1ccccc1)c1ccccc1. The second kappa shape index (κ2) is 10.1. The Morgan fingerprint density at radius 1 is 0.893 bits per heavy atom. The lowest BCUT2D eigenvalue weighted by Crippen LogP contribution is -2.27. The number of anilines is 1. The highest BCUT2D eigenvalue weighted by atomic mass is 35.5. The van der Waals surface area contributed by atoms with E-state index in [1.54, 1.807) is 6.07 Å². The van der Waals surface area contributed by atoms with Crippen molar-refractivity contribution in [1.82, 2.24) is 5.43 Å². The van der Waals surface area contributed by atoms with Crippen LogP contribution in [0.2, 0.25) is 5.02 Å². The van der Waals surface area contributed by atoms with Gasteiger partial charge in [-0.25, -0.2) is 5.43 Å². The van der Waals surface area contributed by atoms with E-state index in [0.29, 0.717) is 16.4 Å². The van der Waals surface area contributed by atoms with E-state index in [2.05, 4.69) is 15.8 Å². The topological polar surface area (TPSA) is 53.5 Å². The Balaban J connectivity index is 1.69. The maximum atomic E-state index is 12.2. The van der Waals surface area contributed by atoms with Gasteiger partial charge in [-0.2, -0.15) is 5.10 Å². The number of halogens is 1. The summed E-state index contributed by atoms with van der Waals surface area (Å²) in [6.45, 7) is 0.0672. The maximum Gasteiger partial charge on any atom is 0.259 e. The van der Waals surface area contributed by atoms with Crippen molar-refractivity contribution in [2.24, 2.45) is 5.10 Å². The third kappa shape index (κ3) is 5.83. The monoisotopic (exact) mass is 389 g/mol. The highest BCUT2D eigenvalue weighted by Crippen LogP contribution is 2.19. The fourth-order valence-electron chi connectivity index (χ4n) is 2.49. The Morgan fingerprint density at radius 2 is 1.54 bits per heavy atom. The van der Waals surface area contributed by atoms with Gasteiger partial charge in [0.05, 0.1) is 23.0 Å². The number of benzene rings is 3. The first-order valence-electron chi connectivity index (χ1n) is 8.86. The van der Waals surface area contributed by atoms with E-state index in [0.717, 1.165) is 11.1 Å². The maximum absolute atomic E-state index is 12.2. The van der Waals surface area contributed by atoms with E-state index in [4.69, 9.17) is 11.6 Å². The van der Waals surface area contributed by atoms with Crippen LogP contribution < -0.4 is 10.7 Å². The molecule has 3 rings (SSSR count). The summed E-state index contributed by atoms with van der Waals surface area (Å²) in [6.07, 6.45) is 3.84. The van der Waals surface area contributed by atoms with Gasteiger partial charge < -0.3 is 5.32 Å². The molecule has 4 nitrogen and oxygen atoms in total. The molecule has 0 heterocycles. The molecular formula is C23H20ClN3O. The van der Waals surface area contributed by atoms with Crippen LogP contribution in [-0.4, -0.2) is 18.2 Å². The van der Waals surface area contributed by atoms with Crippen LogP contribution >= 0.6 is 11.6 Å². The third-order valence-corrected chi connectivity index (χ3v) is 4.25. The molecule has 5 heteroatoms. The van der Waals surface area contributed by atoms with Crippen LogP contribution in [0.15, 0.2) is 96.1 Å². The summed E-state index contributed by atoms with van der Waals surface area (Å²) in [7, 11) is 0. The normalized spacial score (nSPS) is 11.4. The second-order valence-corrected chi connectivity index (χ2v) is 6.38. The lowest BCUT2D eigenvalue weighted by Gasteiger charge is -2.08. The lowest BCUT2D eigenvalue weighted by atomic mass is 10.1. The molecule has 0 unspecified atom stereocenters. The Labute approximate surface area is 169 Å². The molecule has 0 fully saturated rings. The molecule has 3 aromatic carbocycles. The van der Waals surface area contributed by atoms with E-state index in [1.807, 2.05) is 91.0 Å². The Bertz CT molecular complexity index is 969. The van der Waals surface area contributed by atoms with E-state index in [-0.39, 0.29) is 12.5 Å². The van der Waals surface area contributed by atoms with Gasteiger partial charge in [0.15, 0.2) is 0 Å². The fraction of sp³-hybridized carbons (Fsp3) is 0.0435. The zero-order valence-electron chi connectivity index (χ0n) is 15.2. The van der Waals surface area contributed by atoms with Gasteiger partial charge in [0, 0.05) is 5.56 Å². The molecule has 0 saturated carbocycles. The average Bonchev–Trinajstić information content (AvgIpc) is 2.74. The Morgan fingerprint density at radius 3 is 2.25 bits per heavy atom. The molecule has 3 aromatic rings. The molecule has 0 atom stereocenters. The number of hydrazone groups is 1. The Hall–Kier alpha value is -3.37. The van der Waals surface area contributed by atoms with Crippen molar-refractivity contribution in [3.8, 4) is 0 Å².